The zero-order chi connectivity index (χ0) is 22.7. The van der Waals surface area contributed by atoms with Crippen molar-refractivity contribution in [2.45, 2.75) is 6.42 Å². The monoisotopic (exact) mass is 438 g/mol. The first-order chi connectivity index (χ1) is 16.1. The molecule has 1 aliphatic heterocycles. The molecular weight excluding hydrogens is 416 g/mol. The fourth-order valence-corrected chi connectivity index (χ4v) is 6.10. The van der Waals surface area contributed by atoms with Crippen molar-refractivity contribution in [3.63, 3.8) is 0 Å². The van der Waals surface area contributed by atoms with Gasteiger partial charge in [-0.15, -0.1) is 0 Å². The number of amides is 2. The van der Waals surface area contributed by atoms with E-state index in [0.29, 0.717) is 5.69 Å². The number of anilines is 1. The van der Waals surface area contributed by atoms with E-state index in [1.54, 1.807) is 12.1 Å². The highest BCUT2D eigenvalue weighted by atomic mass is 16.8. The van der Waals surface area contributed by atoms with Gasteiger partial charge in [-0.25, -0.2) is 5.21 Å². The average Bonchev–Trinajstić information content (AvgIpc) is 3.49. The van der Waals surface area contributed by atoms with Crippen LogP contribution in [0.2, 0.25) is 0 Å². The number of nitrogens with zero attached hydrogens (tertiary/aromatic N) is 1. The standard InChI is InChI=1S/C27H22N2O4/c30-26-24-20-15-21(25(24)27(31)28(26)18-11-13-19(14-12-18)29(32)33)23(17-9-5-2-6-10-17)22(20)16-7-3-1-4-8-16/h1-14,20-21,24-25,29,32H,15H2/t20-,21-,24-,25+/m0/s1. The molecule has 1 saturated carbocycles. The molecule has 0 aromatic heterocycles. The molecule has 1 heterocycles. The van der Waals surface area contributed by atoms with Gasteiger partial charge in [0.05, 0.1) is 17.5 Å². The summed E-state index contributed by atoms with van der Waals surface area (Å²) in [4.78, 5) is 28.5. The first-order valence-corrected chi connectivity index (χ1v) is 11.1. The van der Waals surface area contributed by atoms with Gasteiger partial charge in [-0.1, -0.05) is 60.7 Å². The van der Waals surface area contributed by atoms with Gasteiger partial charge in [-0.05, 0) is 52.7 Å². The molecule has 3 aromatic rings. The van der Waals surface area contributed by atoms with E-state index < -0.39 is 5.23 Å². The molecule has 6 rings (SSSR count). The highest BCUT2D eigenvalue weighted by Crippen LogP contribution is 2.63. The number of allylic oxidation sites excluding steroid dienone is 2. The molecular formula is C27H22N2O4. The van der Waals surface area contributed by atoms with Crippen molar-refractivity contribution in [1.82, 2.24) is 0 Å². The summed E-state index contributed by atoms with van der Waals surface area (Å²) in [7, 11) is 0. The van der Waals surface area contributed by atoms with E-state index in [9.17, 15) is 20.0 Å². The summed E-state index contributed by atoms with van der Waals surface area (Å²) in [6, 6.07) is 26.3. The molecule has 33 heavy (non-hydrogen) atoms. The molecule has 2 amide bonds. The Hall–Kier alpha value is -3.58. The second-order valence-corrected chi connectivity index (χ2v) is 8.92. The van der Waals surface area contributed by atoms with E-state index >= 15 is 0 Å². The van der Waals surface area contributed by atoms with Crippen molar-refractivity contribution in [3.05, 3.63) is 101 Å². The number of carbonyl (C=O) groups is 2. The fourth-order valence-electron chi connectivity index (χ4n) is 6.10. The lowest BCUT2D eigenvalue weighted by molar-refractivity contribution is -0.991. The SMILES string of the molecule is O=C1[C@@H]2[C@H](C(=O)N1c1ccc([NH+]([O-])O)cc1)[C@H]1C[C@H]2C(c2ccccc2)=C1c1ccccc1. The first kappa shape index (κ1) is 20.1. The Bertz CT molecular complexity index is 1190. The van der Waals surface area contributed by atoms with Gasteiger partial charge in [-0.3, -0.25) is 14.5 Å². The second kappa shape index (κ2) is 7.49. The lowest BCUT2D eigenvalue weighted by Gasteiger charge is -2.27. The molecule has 1 unspecified atom stereocenters. The highest BCUT2D eigenvalue weighted by Gasteiger charge is 2.64. The molecule has 164 valence electrons. The Kier molecular flexibility index (Phi) is 4.55. The predicted octanol–water partition coefficient (Wildman–Crippen LogP) is 3.46. The summed E-state index contributed by atoms with van der Waals surface area (Å²) >= 11 is 0. The number of hydrogen-bond donors (Lipinski definition) is 2. The number of rotatable bonds is 4. The van der Waals surface area contributed by atoms with Crippen LogP contribution in [-0.2, 0) is 9.59 Å². The third kappa shape index (κ3) is 2.92. The van der Waals surface area contributed by atoms with E-state index in [-0.39, 0.29) is 41.2 Å². The van der Waals surface area contributed by atoms with Gasteiger partial charge >= 0.3 is 0 Å². The summed E-state index contributed by atoms with van der Waals surface area (Å²) < 4.78 is 0. The lowest BCUT2D eigenvalue weighted by Crippen LogP contribution is -2.99. The van der Waals surface area contributed by atoms with Crippen LogP contribution in [0.15, 0.2) is 84.9 Å². The zero-order valence-electron chi connectivity index (χ0n) is 17.7. The maximum atomic E-state index is 13.6. The van der Waals surface area contributed by atoms with Crippen molar-refractivity contribution < 1.29 is 20.0 Å². The van der Waals surface area contributed by atoms with Crippen LogP contribution < -0.4 is 10.1 Å². The molecule has 0 spiro atoms. The summed E-state index contributed by atoms with van der Waals surface area (Å²) in [5.74, 6) is -1.16. The molecule has 6 heteroatoms. The summed E-state index contributed by atoms with van der Waals surface area (Å²) in [5.41, 5.74) is 5.12. The third-order valence-electron chi connectivity index (χ3n) is 7.35. The van der Waals surface area contributed by atoms with E-state index in [1.807, 2.05) is 36.4 Å². The Labute approximate surface area is 190 Å². The Morgan fingerprint density at radius 1 is 0.727 bits per heavy atom. The van der Waals surface area contributed by atoms with Gasteiger partial charge in [0.2, 0.25) is 11.8 Å². The molecule has 2 N–H and O–H groups in total. The van der Waals surface area contributed by atoms with Crippen LogP contribution in [-0.4, -0.2) is 17.0 Å². The largest absolute Gasteiger partial charge is 0.595 e. The van der Waals surface area contributed by atoms with Crippen LogP contribution in [0.25, 0.3) is 11.1 Å². The maximum absolute atomic E-state index is 13.6. The van der Waals surface area contributed by atoms with Crippen molar-refractivity contribution >= 4 is 34.3 Å². The smallest absolute Gasteiger partial charge is 0.238 e. The third-order valence-corrected chi connectivity index (χ3v) is 7.35. The second-order valence-electron chi connectivity index (χ2n) is 8.92. The van der Waals surface area contributed by atoms with E-state index in [2.05, 4.69) is 24.3 Å². The topological polar surface area (TPSA) is 85.1 Å². The van der Waals surface area contributed by atoms with E-state index in [4.69, 9.17) is 0 Å². The number of hydrogen-bond acceptors (Lipinski definition) is 4. The summed E-state index contributed by atoms with van der Waals surface area (Å²) in [5, 5.41) is 19.3. The van der Waals surface area contributed by atoms with E-state index in [0.717, 1.165) is 17.5 Å². The minimum atomic E-state index is -1.04. The van der Waals surface area contributed by atoms with Gasteiger partial charge in [0.15, 0.2) is 5.69 Å². The van der Waals surface area contributed by atoms with Crippen molar-refractivity contribution in [3.8, 4) is 0 Å². The Morgan fingerprint density at radius 2 is 1.18 bits per heavy atom. The van der Waals surface area contributed by atoms with Gasteiger partial charge in [0, 0.05) is 12.1 Å². The number of fused-ring (bicyclic) bond motifs is 5. The summed E-state index contributed by atoms with van der Waals surface area (Å²) in [6.45, 7) is 0. The molecule has 0 radical (unpaired) electrons. The molecule has 3 aromatic carbocycles. The predicted molar refractivity (Wildman–Crippen MR) is 123 cm³/mol. The zero-order valence-corrected chi connectivity index (χ0v) is 17.7. The van der Waals surface area contributed by atoms with Crippen LogP contribution in [0.1, 0.15) is 17.5 Å². The first-order valence-electron chi connectivity index (χ1n) is 11.1. The highest BCUT2D eigenvalue weighted by molar-refractivity contribution is 6.24. The fraction of sp³-hybridized carbons (Fsp3) is 0.185. The number of imide groups is 1. The lowest BCUT2D eigenvalue weighted by atomic mass is 9.73. The van der Waals surface area contributed by atoms with E-state index in [1.165, 1.54) is 28.2 Å². The Balaban J connectivity index is 1.44. The van der Waals surface area contributed by atoms with Crippen molar-refractivity contribution in [2.24, 2.45) is 23.7 Å². The number of nitrogens with one attached hydrogen (secondary N) is 1. The van der Waals surface area contributed by atoms with Gasteiger partial charge in [-0.2, -0.15) is 5.23 Å². The molecule has 5 atom stereocenters. The van der Waals surface area contributed by atoms with Crippen LogP contribution in [0.4, 0.5) is 11.4 Å². The molecule has 2 aliphatic carbocycles. The quantitative estimate of drug-likeness (QED) is 0.483. The summed E-state index contributed by atoms with van der Waals surface area (Å²) in [6.07, 6.45) is 0.799. The minimum Gasteiger partial charge on any atom is -0.595 e. The number of quaternary nitrogens is 1. The molecule has 2 bridgehead atoms. The normalized spacial score (nSPS) is 26.8. The van der Waals surface area contributed by atoms with Crippen LogP contribution >= 0.6 is 0 Å². The molecule has 2 fully saturated rings. The maximum Gasteiger partial charge on any atom is 0.238 e. The molecule has 3 aliphatic rings. The minimum absolute atomic E-state index is 0.0163. The van der Waals surface area contributed by atoms with Gasteiger partial charge < -0.3 is 5.21 Å². The van der Waals surface area contributed by atoms with Crippen LogP contribution in [0.5, 0.6) is 0 Å². The van der Waals surface area contributed by atoms with Gasteiger partial charge in [0.1, 0.15) is 0 Å². The van der Waals surface area contributed by atoms with Crippen LogP contribution in [0.3, 0.4) is 0 Å². The Morgan fingerprint density at radius 3 is 1.61 bits per heavy atom. The van der Waals surface area contributed by atoms with Gasteiger partial charge in [0.25, 0.3) is 0 Å². The molecule has 6 nitrogen and oxygen atoms in total. The molecule has 1 saturated heterocycles. The van der Waals surface area contributed by atoms with Crippen LogP contribution in [0, 0.1) is 28.9 Å². The number of benzene rings is 3. The van der Waals surface area contributed by atoms with Crippen molar-refractivity contribution in [1.29, 1.82) is 0 Å². The van der Waals surface area contributed by atoms with Crippen molar-refractivity contribution in [2.75, 3.05) is 4.90 Å². The average molecular weight is 438 g/mol. The number of carbonyl (C=O) groups excluding carboxylic acids is 2.